The number of hydrogen-bond donors (Lipinski definition) is 7. The van der Waals surface area contributed by atoms with Crippen LogP contribution in [0.5, 0.6) is 0 Å². The fraction of sp³-hybridized carbons (Fsp3) is 0.525. The summed E-state index contributed by atoms with van der Waals surface area (Å²) in [5.41, 5.74) is 7.36. The Kier molecular flexibility index (Phi) is 20.4. The number of Topliss-reactive ketones (excluding diaryl/α,β-unsaturated/α-hetero) is 1. The van der Waals surface area contributed by atoms with E-state index in [1.807, 2.05) is 6.07 Å². The van der Waals surface area contributed by atoms with Gasteiger partial charge in [-0.15, -0.1) is 0 Å². The molecule has 1 saturated heterocycles. The number of carboxylic acids is 4. The maximum Gasteiger partial charge on any atom is 0.317 e. The van der Waals surface area contributed by atoms with Crippen LogP contribution in [0.4, 0.5) is 0 Å². The predicted octanol–water partition coefficient (Wildman–Crippen LogP) is -0.0917. The molecule has 58 heavy (non-hydrogen) atoms. The van der Waals surface area contributed by atoms with Crippen LogP contribution in [0.25, 0.3) is 0 Å². The van der Waals surface area contributed by atoms with Crippen molar-refractivity contribution in [1.82, 2.24) is 30.2 Å². The molecular weight excluding hydrogens is 754 g/mol. The number of carboxylic acid groups (broad SMARTS) is 4. The van der Waals surface area contributed by atoms with E-state index >= 15 is 0 Å². The number of nitrogens with zero attached hydrogens (tertiary/aromatic N) is 4. The van der Waals surface area contributed by atoms with E-state index in [0.717, 1.165) is 11.1 Å². The van der Waals surface area contributed by atoms with Gasteiger partial charge < -0.3 is 36.8 Å². The summed E-state index contributed by atoms with van der Waals surface area (Å²) in [5.74, 6) is -6.61. The lowest BCUT2D eigenvalue weighted by Gasteiger charge is -2.33. The summed E-state index contributed by atoms with van der Waals surface area (Å²) in [6, 6.07) is 14.7. The zero-order valence-electron chi connectivity index (χ0n) is 32.8. The molecule has 1 heterocycles. The molecule has 2 amide bonds. The minimum absolute atomic E-state index is 0.131. The van der Waals surface area contributed by atoms with Gasteiger partial charge in [-0.05, 0) is 42.6 Å². The summed E-state index contributed by atoms with van der Waals surface area (Å²) in [6.45, 7) is 2.47. The number of aliphatic carboxylic acids is 4. The molecule has 2 aromatic rings. The van der Waals surface area contributed by atoms with Gasteiger partial charge >= 0.3 is 23.9 Å². The van der Waals surface area contributed by atoms with Gasteiger partial charge in [0.1, 0.15) is 6.04 Å². The maximum atomic E-state index is 13.5. The van der Waals surface area contributed by atoms with Crippen LogP contribution in [0.3, 0.4) is 0 Å². The molecule has 18 nitrogen and oxygen atoms in total. The number of nitrogens with two attached hydrogens (primary N) is 1. The van der Waals surface area contributed by atoms with Gasteiger partial charge in [0, 0.05) is 77.3 Å². The fourth-order valence-corrected chi connectivity index (χ4v) is 6.61. The number of carbonyl (C=O) groups is 7. The first-order chi connectivity index (χ1) is 27.7. The summed E-state index contributed by atoms with van der Waals surface area (Å²) in [5, 5.41) is 43.3. The zero-order chi connectivity index (χ0) is 42.5. The van der Waals surface area contributed by atoms with E-state index in [-0.39, 0.29) is 38.0 Å². The van der Waals surface area contributed by atoms with E-state index in [9.17, 15) is 54.0 Å². The second-order valence-corrected chi connectivity index (χ2v) is 14.5. The van der Waals surface area contributed by atoms with Crippen molar-refractivity contribution in [2.75, 3.05) is 85.1 Å². The van der Waals surface area contributed by atoms with Gasteiger partial charge in [-0.25, -0.2) is 0 Å². The van der Waals surface area contributed by atoms with Crippen molar-refractivity contribution in [3.63, 3.8) is 0 Å². The topological polar surface area (TPSA) is 263 Å². The molecular formula is C40H57N7O11. The van der Waals surface area contributed by atoms with Gasteiger partial charge in [0.05, 0.1) is 32.1 Å². The first-order valence-electron chi connectivity index (χ1n) is 19.4. The molecule has 2 atom stereocenters. The number of unbranched alkanes of at least 4 members (excludes halogenated alkanes) is 1. The molecule has 0 aromatic heterocycles. The van der Waals surface area contributed by atoms with E-state index in [1.165, 1.54) is 0 Å². The van der Waals surface area contributed by atoms with Crippen molar-refractivity contribution >= 4 is 41.5 Å². The van der Waals surface area contributed by atoms with Crippen LogP contribution in [0.1, 0.15) is 47.2 Å². The lowest BCUT2D eigenvalue weighted by Crippen LogP contribution is -2.49. The number of benzene rings is 2. The average molecular weight is 812 g/mol. The molecule has 0 spiro atoms. The Labute approximate surface area is 337 Å². The van der Waals surface area contributed by atoms with Crippen LogP contribution in [-0.4, -0.2) is 173 Å². The Balaban J connectivity index is 1.70. The Morgan fingerprint density at radius 2 is 1.14 bits per heavy atom. The highest BCUT2D eigenvalue weighted by atomic mass is 16.4. The van der Waals surface area contributed by atoms with E-state index in [4.69, 9.17) is 5.73 Å². The highest BCUT2D eigenvalue weighted by Gasteiger charge is 2.25. The summed E-state index contributed by atoms with van der Waals surface area (Å²) >= 11 is 0. The highest BCUT2D eigenvalue weighted by Crippen LogP contribution is 2.14. The third kappa shape index (κ3) is 18.3. The Morgan fingerprint density at radius 1 is 0.638 bits per heavy atom. The van der Waals surface area contributed by atoms with Crippen LogP contribution in [0, 0.1) is 5.92 Å². The SMILES string of the molecule is NCCCCC(CC(=O)CNC(=O)C(Cc1ccccc1)NC(=O)c1ccc(CN2CCN(CC(=O)O)CCN(CC(=O)O)CCN(CC(=O)O)CC2)cc1)C(=O)O. The lowest BCUT2D eigenvalue weighted by atomic mass is 9.96. The normalized spacial score (nSPS) is 16.2. The molecule has 2 unspecified atom stereocenters. The van der Waals surface area contributed by atoms with Crippen molar-refractivity contribution in [3.05, 3.63) is 71.3 Å². The van der Waals surface area contributed by atoms with Gasteiger partial charge in [0.15, 0.2) is 5.78 Å². The maximum absolute atomic E-state index is 13.5. The second-order valence-electron chi connectivity index (χ2n) is 14.5. The summed E-state index contributed by atoms with van der Waals surface area (Å²) in [4.78, 5) is 93.2. The number of carbonyl (C=O) groups excluding carboxylic acids is 3. The molecule has 2 aromatic carbocycles. The quantitative estimate of drug-likeness (QED) is 0.0767. The van der Waals surface area contributed by atoms with E-state index < -0.39 is 60.0 Å². The molecule has 1 aliphatic heterocycles. The third-order valence-electron chi connectivity index (χ3n) is 9.82. The average Bonchev–Trinajstić information content (AvgIpc) is 3.17. The zero-order valence-corrected chi connectivity index (χ0v) is 32.8. The summed E-state index contributed by atoms with van der Waals surface area (Å²) in [7, 11) is 0. The monoisotopic (exact) mass is 811 g/mol. The number of ketones is 1. The van der Waals surface area contributed by atoms with E-state index in [0.29, 0.717) is 84.7 Å². The van der Waals surface area contributed by atoms with Crippen molar-refractivity contribution in [2.24, 2.45) is 11.7 Å². The fourth-order valence-electron chi connectivity index (χ4n) is 6.61. The first kappa shape index (κ1) is 47.1. The molecule has 318 valence electrons. The predicted molar refractivity (Wildman–Crippen MR) is 212 cm³/mol. The summed E-state index contributed by atoms with van der Waals surface area (Å²) < 4.78 is 0. The summed E-state index contributed by atoms with van der Waals surface area (Å²) in [6.07, 6.45) is 1.39. The van der Waals surface area contributed by atoms with E-state index in [1.54, 1.807) is 63.2 Å². The number of amides is 2. The Bertz CT molecular complexity index is 1630. The largest absolute Gasteiger partial charge is 0.481 e. The highest BCUT2D eigenvalue weighted by molar-refractivity contribution is 5.98. The molecule has 3 rings (SSSR count). The van der Waals surface area contributed by atoms with Crippen molar-refractivity contribution < 1.29 is 54.0 Å². The molecule has 0 bridgehead atoms. The molecule has 0 radical (unpaired) electrons. The Morgan fingerprint density at radius 3 is 1.60 bits per heavy atom. The van der Waals surface area contributed by atoms with Crippen LogP contribution in [0.15, 0.2) is 54.6 Å². The Hall–Kier alpha value is -5.27. The molecule has 0 aliphatic carbocycles. The molecule has 1 aliphatic rings. The van der Waals surface area contributed by atoms with Gasteiger partial charge in [-0.3, -0.25) is 53.2 Å². The minimum Gasteiger partial charge on any atom is -0.481 e. The molecule has 0 saturated carbocycles. The van der Waals surface area contributed by atoms with Gasteiger partial charge in [-0.1, -0.05) is 48.9 Å². The van der Waals surface area contributed by atoms with Crippen molar-refractivity contribution in [2.45, 2.75) is 44.7 Å². The molecule has 18 heteroatoms. The lowest BCUT2D eigenvalue weighted by molar-refractivity contribution is -0.144. The number of nitrogens with one attached hydrogen (secondary N) is 2. The standard InChI is InChI=1S/C40H57N7O11/c41-13-5-4-8-32(40(57)58)23-33(48)24-42-39(56)34(22-29-6-2-1-3-7-29)43-38(55)31-11-9-30(10-12-31)25-44-14-16-45(26-35(49)50)18-20-47(28-37(53)54)21-19-46(17-15-44)27-36(51)52/h1-3,6-7,9-12,32,34H,4-5,8,13-28,41H2,(H,42,56)(H,43,55)(H,49,50)(H,51,52)(H,53,54)(H,57,58). The second kappa shape index (κ2) is 25.2. The van der Waals surface area contributed by atoms with Crippen LogP contribution >= 0.6 is 0 Å². The number of rotatable bonds is 22. The third-order valence-corrected chi connectivity index (χ3v) is 9.82. The number of hydrogen-bond acceptors (Lipinski definition) is 12. The molecule has 8 N–H and O–H groups in total. The van der Waals surface area contributed by atoms with Crippen molar-refractivity contribution in [1.29, 1.82) is 0 Å². The van der Waals surface area contributed by atoms with Crippen LogP contribution in [0.2, 0.25) is 0 Å². The van der Waals surface area contributed by atoms with Crippen molar-refractivity contribution in [3.8, 4) is 0 Å². The van der Waals surface area contributed by atoms with Crippen LogP contribution in [-0.2, 0) is 41.7 Å². The van der Waals surface area contributed by atoms with E-state index in [2.05, 4.69) is 15.5 Å². The smallest absolute Gasteiger partial charge is 0.317 e. The van der Waals surface area contributed by atoms with Crippen LogP contribution < -0.4 is 16.4 Å². The van der Waals surface area contributed by atoms with Gasteiger partial charge in [-0.2, -0.15) is 0 Å². The first-order valence-corrected chi connectivity index (χ1v) is 19.4. The van der Waals surface area contributed by atoms with Gasteiger partial charge in [0.25, 0.3) is 5.91 Å². The van der Waals surface area contributed by atoms with Gasteiger partial charge in [0.2, 0.25) is 5.91 Å². The minimum atomic E-state index is -1.09. The molecule has 1 fully saturated rings.